The van der Waals surface area contributed by atoms with Gasteiger partial charge < -0.3 is 15.0 Å². The number of nitrogens with zero attached hydrogens (tertiary/aromatic N) is 2. The fourth-order valence-electron chi connectivity index (χ4n) is 2.07. The van der Waals surface area contributed by atoms with Crippen LogP contribution in [0.15, 0.2) is 54.9 Å². The molecule has 0 unspecified atom stereocenters. The minimum atomic E-state index is -0.265. The van der Waals surface area contributed by atoms with Crippen molar-refractivity contribution in [3.63, 3.8) is 0 Å². The Hall–Kier alpha value is -2.82. The molecule has 2 heterocycles. The van der Waals surface area contributed by atoms with Crippen molar-refractivity contribution in [1.82, 2.24) is 9.38 Å². The smallest absolute Gasteiger partial charge is 0.308 e. The molecule has 0 aliphatic heterocycles. The van der Waals surface area contributed by atoms with Crippen molar-refractivity contribution in [3.8, 4) is 0 Å². The van der Waals surface area contributed by atoms with E-state index in [1.54, 1.807) is 6.20 Å². The van der Waals surface area contributed by atoms with Crippen molar-refractivity contribution in [2.45, 2.75) is 6.92 Å². The van der Waals surface area contributed by atoms with Crippen LogP contribution in [0.1, 0.15) is 5.69 Å². The highest BCUT2D eigenvalue weighted by atomic mass is 16.2. The van der Waals surface area contributed by atoms with Crippen molar-refractivity contribution < 1.29 is 4.79 Å². The maximum Gasteiger partial charge on any atom is 0.323 e. The number of benzene rings is 1. The largest absolute Gasteiger partial charge is 0.323 e. The molecule has 3 aromatic rings. The van der Waals surface area contributed by atoms with Gasteiger partial charge in [0.1, 0.15) is 5.65 Å². The van der Waals surface area contributed by atoms with E-state index in [1.165, 1.54) is 0 Å². The number of imidazole rings is 1. The standard InChI is InChI=1S/C15H14N4O/c1-11-13(7-8-14-16-9-10-19(11)14)18-15(20)17-12-5-3-2-4-6-12/h2-10H,1H3,(H2,17,18,20). The molecule has 100 valence electrons. The number of pyridine rings is 1. The van der Waals surface area contributed by atoms with Crippen LogP contribution < -0.4 is 10.6 Å². The topological polar surface area (TPSA) is 58.4 Å². The van der Waals surface area contributed by atoms with Gasteiger partial charge >= 0.3 is 6.03 Å². The number of carbonyl (C=O) groups excluding carboxylic acids is 1. The summed E-state index contributed by atoms with van der Waals surface area (Å²) in [5.41, 5.74) is 3.30. The fraction of sp³-hybridized carbons (Fsp3) is 0.0667. The van der Waals surface area contributed by atoms with Gasteiger partial charge in [0, 0.05) is 23.8 Å². The minimum Gasteiger partial charge on any atom is -0.308 e. The summed E-state index contributed by atoms with van der Waals surface area (Å²) >= 11 is 0. The Labute approximate surface area is 116 Å². The highest BCUT2D eigenvalue weighted by Gasteiger charge is 2.07. The first kappa shape index (κ1) is 12.2. The Morgan fingerprint density at radius 3 is 2.70 bits per heavy atom. The third kappa shape index (κ3) is 2.33. The number of fused-ring (bicyclic) bond motifs is 1. The average molecular weight is 266 g/mol. The molecule has 20 heavy (non-hydrogen) atoms. The number of urea groups is 1. The molecule has 2 N–H and O–H groups in total. The monoisotopic (exact) mass is 266 g/mol. The average Bonchev–Trinajstić information content (AvgIpc) is 2.92. The fourth-order valence-corrected chi connectivity index (χ4v) is 2.07. The predicted octanol–water partition coefficient (Wildman–Crippen LogP) is 3.29. The summed E-state index contributed by atoms with van der Waals surface area (Å²) in [6.07, 6.45) is 3.60. The van der Waals surface area contributed by atoms with E-state index in [9.17, 15) is 4.79 Å². The second kappa shape index (κ2) is 5.05. The number of nitrogens with one attached hydrogen (secondary N) is 2. The van der Waals surface area contributed by atoms with Gasteiger partial charge in [-0.3, -0.25) is 0 Å². The van der Waals surface area contributed by atoms with Crippen LogP contribution in [-0.2, 0) is 0 Å². The van der Waals surface area contributed by atoms with E-state index in [4.69, 9.17) is 0 Å². The summed E-state index contributed by atoms with van der Waals surface area (Å²) in [4.78, 5) is 16.2. The summed E-state index contributed by atoms with van der Waals surface area (Å²) in [7, 11) is 0. The van der Waals surface area contributed by atoms with E-state index in [2.05, 4.69) is 15.6 Å². The zero-order valence-electron chi connectivity index (χ0n) is 11.0. The van der Waals surface area contributed by atoms with Gasteiger partial charge in [0.2, 0.25) is 0 Å². The molecule has 1 aromatic carbocycles. The quantitative estimate of drug-likeness (QED) is 0.747. The van der Waals surface area contributed by atoms with Gasteiger partial charge in [0.25, 0.3) is 0 Å². The third-order valence-corrected chi connectivity index (χ3v) is 3.10. The molecule has 0 atom stereocenters. The number of rotatable bonds is 2. The van der Waals surface area contributed by atoms with E-state index in [-0.39, 0.29) is 6.03 Å². The molecule has 0 saturated carbocycles. The SMILES string of the molecule is Cc1c(NC(=O)Nc2ccccc2)ccc2nccn12. The second-order valence-corrected chi connectivity index (χ2v) is 4.43. The molecule has 0 aliphatic carbocycles. The van der Waals surface area contributed by atoms with Crippen LogP contribution in [0.25, 0.3) is 5.65 Å². The molecular weight excluding hydrogens is 252 g/mol. The zero-order chi connectivity index (χ0) is 13.9. The van der Waals surface area contributed by atoms with Crippen LogP contribution in [-0.4, -0.2) is 15.4 Å². The second-order valence-electron chi connectivity index (χ2n) is 4.43. The van der Waals surface area contributed by atoms with Crippen molar-refractivity contribution in [2.24, 2.45) is 0 Å². The van der Waals surface area contributed by atoms with Gasteiger partial charge in [-0.15, -0.1) is 0 Å². The number of amides is 2. The van der Waals surface area contributed by atoms with Crippen LogP contribution in [0.5, 0.6) is 0 Å². The van der Waals surface area contributed by atoms with Crippen molar-refractivity contribution in [1.29, 1.82) is 0 Å². The summed E-state index contributed by atoms with van der Waals surface area (Å²) < 4.78 is 1.93. The molecule has 0 aliphatic rings. The van der Waals surface area contributed by atoms with Crippen molar-refractivity contribution in [3.05, 3.63) is 60.6 Å². The van der Waals surface area contributed by atoms with Crippen molar-refractivity contribution in [2.75, 3.05) is 10.6 Å². The number of para-hydroxylation sites is 1. The molecule has 2 aromatic heterocycles. The lowest BCUT2D eigenvalue weighted by atomic mass is 10.3. The lowest BCUT2D eigenvalue weighted by molar-refractivity contribution is 0.262. The summed E-state index contributed by atoms with van der Waals surface area (Å²) in [5.74, 6) is 0. The Kier molecular flexibility index (Phi) is 3.09. The Morgan fingerprint density at radius 2 is 1.90 bits per heavy atom. The van der Waals surface area contributed by atoms with E-state index < -0.39 is 0 Å². The highest BCUT2D eigenvalue weighted by molar-refractivity contribution is 6.00. The molecule has 5 heteroatoms. The molecule has 3 rings (SSSR count). The molecular formula is C15H14N4O. The van der Waals surface area contributed by atoms with E-state index in [0.717, 1.165) is 22.7 Å². The maximum atomic E-state index is 12.0. The van der Waals surface area contributed by atoms with E-state index in [1.807, 2.05) is 60.0 Å². The number of aromatic nitrogens is 2. The molecule has 0 fully saturated rings. The summed E-state index contributed by atoms with van der Waals surface area (Å²) in [5, 5.41) is 5.63. The first-order valence-corrected chi connectivity index (χ1v) is 6.30. The Morgan fingerprint density at radius 1 is 1.10 bits per heavy atom. The molecule has 5 nitrogen and oxygen atoms in total. The first-order chi connectivity index (χ1) is 9.74. The highest BCUT2D eigenvalue weighted by Crippen LogP contribution is 2.17. The number of aryl methyl sites for hydroxylation is 1. The molecule has 2 amide bonds. The summed E-state index contributed by atoms with van der Waals surface area (Å²) in [6, 6.07) is 12.8. The normalized spacial score (nSPS) is 10.4. The van der Waals surface area contributed by atoms with Gasteiger partial charge in [0.05, 0.1) is 5.69 Å². The van der Waals surface area contributed by atoms with Gasteiger partial charge in [-0.1, -0.05) is 18.2 Å². The molecule has 0 bridgehead atoms. The number of hydrogen-bond donors (Lipinski definition) is 2. The van der Waals surface area contributed by atoms with Crippen molar-refractivity contribution >= 4 is 23.1 Å². The Balaban J connectivity index is 1.79. The van der Waals surface area contributed by atoms with Crippen LogP contribution in [0.4, 0.5) is 16.2 Å². The molecule has 0 radical (unpaired) electrons. The third-order valence-electron chi connectivity index (χ3n) is 3.10. The van der Waals surface area contributed by atoms with Crippen LogP contribution in [0.3, 0.4) is 0 Å². The number of hydrogen-bond acceptors (Lipinski definition) is 2. The van der Waals surface area contributed by atoms with Gasteiger partial charge in [-0.2, -0.15) is 0 Å². The lowest BCUT2D eigenvalue weighted by Crippen LogP contribution is -2.20. The lowest BCUT2D eigenvalue weighted by Gasteiger charge is -2.11. The van der Waals surface area contributed by atoms with Crippen LogP contribution >= 0.6 is 0 Å². The summed E-state index contributed by atoms with van der Waals surface area (Å²) in [6.45, 7) is 1.94. The van der Waals surface area contributed by atoms with Crippen LogP contribution in [0, 0.1) is 6.92 Å². The first-order valence-electron chi connectivity index (χ1n) is 6.30. The molecule has 0 saturated heterocycles. The van der Waals surface area contributed by atoms with Gasteiger partial charge in [0.15, 0.2) is 0 Å². The number of anilines is 2. The van der Waals surface area contributed by atoms with E-state index >= 15 is 0 Å². The number of carbonyl (C=O) groups is 1. The predicted molar refractivity (Wildman–Crippen MR) is 79.0 cm³/mol. The Bertz CT molecular complexity index is 749. The van der Waals surface area contributed by atoms with E-state index in [0.29, 0.717) is 0 Å². The molecule has 0 spiro atoms. The van der Waals surface area contributed by atoms with Gasteiger partial charge in [-0.25, -0.2) is 9.78 Å². The van der Waals surface area contributed by atoms with Crippen LogP contribution in [0.2, 0.25) is 0 Å². The van der Waals surface area contributed by atoms with Gasteiger partial charge in [-0.05, 0) is 31.2 Å². The zero-order valence-corrected chi connectivity index (χ0v) is 11.0. The minimum absolute atomic E-state index is 0.265. The maximum absolute atomic E-state index is 12.0.